The van der Waals surface area contributed by atoms with Gasteiger partial charge in [-0.2, -0.15) is 0 Å². The van der Waals surface area contributed by atoms with Crippen LogP contribution in [0.3, 0.4) is 0 Å². The summed E-state index contributed by atoms with van der Waals surface area (Å²) in [4.78, 5) is 0. The van der Waals surface area contributed by atoms with Crippen molar-refractivity contribution in [2.24, 2.45) is 0 Å². The van der Waals surface area contributed by atoms with Gasteiger partial charge in [-0.1, -0.05) is 0 Å². The number of rotatable bonds is 0. The number of aryl methyl sites for hydroxylation is 1. The molecule has 48 valence electrons. The summed E-state index contributed by atoms with van der Waals surface area (Å²) in [5, 5.41) is 9.16. The predicted molar refractivity (Wildman–Crippen MR) is 33.6 cm³/mol. The van der Waals surface area contributed by atoms with E-state index in [9.17, 15) is 0 Å². The molecule has 2 nitrogen and oxygen atoms in total. The first-order valence-corrected chi connectivity index (χ1v) is 2.95. The number of hydrogen-bond acceptors (Lipinski definition) is 1. The lowest BCUT2D eigenvalue weighted by atomic mass is 10.3. The van der Waals surface area contributed by atoms with E-state index in [1.165, 1.54) is 6.20 Å². The summed E-state index contributed by atoms with van der Waals surface area (Å²) in [5.74, 6) is 0. The van der Waals surface area contributed by atoms with Gasteiger partial charge >= 0.3 is 5.15 Å². The van der Waals surface area contributed by atoms with Crippen LogP contribution in [0, 0.1) is 6.92 Å². The fourth-order valence-electron chi connectivity index (χ4n) is 0.561. The van der Waals surface area contributed by atoms with Crippen LogP contribution in [0.5, 0.6) is 0 Å². The van der Waals surface area contributed by atoms with Crippen molar-refractivity contribution in [1.82, 2.24) is 0 Å². The van der Waals surface area contributed by atoms with Crippen LogP contribution in [-0.2, 0) is 0 Å². The van der Waals surface area contributed by atoms with Gasteiger partial charge in [-0.25, -0.2) is 0 Å². The van der Waals surface area contributed by atoms with E-state index >= 15 is 0 Å². The molecule has 0 saturated carbocycles. The number of halogens is 1. The molecule has 0 amide bonds. The first-order chi connectivity index (χ1) is 4.20. The van der Waals surface area contributed by atoms with Crippen molar-refractivity contribution in [3.63, 3.8) is 0 Å². The molecule has 0 bridgehead atoms. The highest BCUT2D eigenvalue weighted by molar-refractivity contribution is 6.28. The van der Waals surface area contributed by atoms with Crippen molar-refractivity contribution in [1.29, 1.82) is 0 Å². The summed E-state index contributed by atoms with van der Waals surface area (Å²) < 4.78 is 0.870. The average molecular weight is 145 g/mol. The van der Waals surface area contributed by atoms with E-state index in [-0.39, 0.29) is 0 Å². The molecule has 1 aromatic heterocycles. The molecule has 0 fully saturated rings. The van der Waals surface area contributed by atoms with E-state index < -0.39 is 0 Å². The predicted octanol–water partition coefficient (Wildman–Crippen LogP) is 1.17. The quantitative estimate of drug-likeness (QED) is 0.330. The number of aromatic nitrogens is 1. The Morgan fingerprint density at radius 1 is 1.67 bits per heavy atom. The molecule has 1 aromatic rings. The van der Waals surface area contributed by atoms with Gasteiger partial charge in [0.1, 0.15) is 0 Å². The van der Waals surface area contributed by atoms with Gasteiger partial charge in [0.05, 0.1) is 0 Å². The van der Waals surface area contributed by atoms with E-state index in [1.807, 2.05) is 6.92 Å². The lowest BCUT2D eigenvalue weighted by Crippen LogP contribution is -2.30. The Kier molecular flexibility index (Phi) is 1.58. The molecule has 0 aromatic carbocycles. The summed E-state index contributed by atoms with van der Waals surface area (Å²) in [6.07, 6.45) is 1.50. The van der Waals surface area contributed by atoms with Crippen molar-refractivity contribution in [2.45, 2.75) is 6.92 Å². The molecule has 0 atom stereocenters. The Morgan fingerprint density at radius 2 is 2.33 bits per heavy atom. The van der Waals surface area contributed by atoms with Crippen LogP contribution in [-0.4, -0.2) is 5.21 Å². The number of hydrogen-bond donors (Lipinski definition) is 1. The Labute approximate surface area is 58.3 Å². The fraction of sp³-hybridized carbons (Fsp3) is 0.167. The van der Waals surface area contributed by atoms with Gasteiger partial charge in [0.15, 0.2) is 0 Å². The molecule has 0 aliphatic rings. The van der Waals surface area contributed by atoms with Gasteiger partial charge in [-0.15, -0.1) is 0 Å². The number of nitrogens with zero attached hydrogens (tertiary/aromatic N) is 1. The Hall–Kier alpha value is -0.760. The van der Waals surface area contributed by atoms with E-state index in [2.05, 4.69) is 0 Å². The van der Waals surface area contributed by atoms with Gasteiger partial charge in [0.25, 0.3) is 0 Å². The molecule has 0 aliphatic heterocycles. The zero-order valence-corrected chi connectivity index (χ0v) is 5.76. The third kappa shape index (κ3) is 1.33. The smallest absolute Gasteiger partial charge is 0.284 e. The van der Waals surface area contributed by atoms with Gasteiger partial charge in [0, 0.05) is 16.9 Å². The summed E-state index contributed by atoms with van der Waals surface area (Å²) in [7, 11) is 0. The molecule has 0 spiro atoms. The highest BCUT2D eigenvalue weighted by Gasteiger charge is 2.03. The van der Waals surface area contributed by atoms with Gasteiger partial charge in [-0.05, 0) is 24.1 Å². The molecule has 0 saturated heterocycles. The fourth-order valence-corrected chi connectivity index (χ4v) is 0.790. The van der Waals surface area contributed by atoms with Crippen LogP contribution < -0.4 is 4.73 Å². The minimum atomic E-state index is 0.329. The lowest BCUT2D eigenvalue weighted by Gasteiger charge is -1.87. The maximum absolute atomic E-state index is 8.83. The molecule has 0 unspecified atom stereocenters. The van der Waals surface area contributed by atoms with Crippen LogP contribution in [0.25, 0.3) is 0 Å². The molecule has 0 radical (unpaired) electrons. The molecule has 9 heavy (non-hydrogen) atoms. The highest BCUT2D eigenvalue weighted by Crippen LogP contribution is 2.01. The first-order valence-electron chi connectivity index (χ1n) is 2.57. The molecule has 1 heterocycles. The summed E-state index contributed by atoms with van der Waals surface area (Å²) in [6.45, 7) is 1.91. The Balaban J connectivity index is 3.17. The topological polar surface area (TPSA) is 24.1 Å². The van der Waals surface area contributed by atoms with E-state index in [1.54, 1.807) is 12.1 Å². The van der Waals surface area contributed by atoms with Crippen LogP contribution in [0.2, 0.25) is 5.15 Å². The highest BCUT2D eigenvalue weighted by atomic mass is 35.5. The minimum Gasteiger partial charge on any atom is -0.284 e. The second-order valence-corrected chi connectivity index (χ2v) is 2.26. The van der Waals surface area contributed by atoms with Crippen molar-refractivity contribution in [3.8, 4) is 0 Å². The van der Waals surface area contributed by atoms with Gasteiger partial charge in [-0.3, -0.25) is 5.21 Å². The first kappa shape index (κ1) is 6.36. The molecule has 0 aliphatic carbocycles. The summed E-state index contributed by atoms with van der Waals surface area (Å²) >= 11 is 5.53. The summed E-state index contributed by atoms with van der Waals surface area (Å²) in [5.41, 5.74) is 1.03. The van der Waals surface area contributed by atoms with Crippen LogP contribution in [0.4, 0.5) is 0 Å². The van der Waals surface area contributed by atoms with Gasteiger partial charge in [0.2, 0.25) is 6.20 Å². The maximum Gasteiger partial charge on any atom is 0.325 e. The zero-order chi connectivity index (χ0) is 6.85. The van der Waals surface area contributed by atoms with Crippen molar-refractivity contribution in [2.75, 3.05) is 0 Å². The lowest BCUT2D eigenvalue weighted by molar-refractivity contribution is -0.903. The third-order valence-electron chi connectivity index (χ3n) is 1.04. The van der Waals surface area contributed by atoms with E-state index in [0.717, 1.165) is 10.3 Å². The SMILES string of the molecule is Cc1cc[n+](O)c(Cl)c1. The molecular weight excluding hydrogens is 138 g/mol. The average Bonchev–Trinajstić information content (AvgIpc) is 1.80. The number of pyridine rings is 1. The third-order valence-corrected chi connectivity index (χ3v) is 1.33. The van der Waals surface area contributed by atoms with Crippen molar-refractivity contribution in [3.05, 3.63) is 29.0 Å². The second-order valence-electron chi connectivity index (χ2n) is 1.87. The molecular formula is C6H7ClNO+. The minimum absolute atomic E-state index is 0.329. The maximum atomic E-state index is 8.83. The molecule has 1 N–H and O–H groups in total. The van der Waals surface area contributed by atoms with Crippen LogP contribution >= 0.6 is 11.6 Å². The Bertz CT molecular complexity index is 224. The van der Waals surface area contributed by atoms with Crippen molar-refractivity contribution < 1.29 is 9.94 Å². The standard InChI is InChI=1S/C6H7ClNO/c1-5-2-3-8(9)6(7)4-5/h2-4,9H,1H3/q+1. The van der Waals surface area contributed by atoms with Crippen LogP contribution in [0.1, 0.15) is 5.56 Å². The normalized spacial score (nSPS) is 9.56. The van der Waals surface area contributed by atoms with Crippen molar-refractivity contribution >= 4 is 11.6 Å². The largest absolute Gasteiger partial charge is 0.325 e. The summed E-state index contributed by atoms with van der Waals surface area (Å²) in [6, 6.07) is 3.45. The van der Waals surface area contributed by atoms with E-state index in [4.69, 9.17) is 16.8 Å². The Morgan fingerprint density at radius 3 is 2.78 bits per heavy atom. The zero-order valence-electron chi connectivity index (χ0n) is 5.00. The van der Waals surface area contributed by atoms with Crippen LogP contribution in [0.15, 0.2) is 18.3 Å². The van der Waals surface area contributed by atoms with Gasteiger partial charge < -0.3 is 0 Å². The monoisotopic (exact) mass is 144 g/mol. The molecule has 3 heteroatoms. The second kappa shape index (κ2) is 2.23. The molecule has 1 rings (SSSR count). The van der Waals surface area contributed by atoms with E-state index in [0.29, 0.717) is 5.15 Å².